The topological polar surface area (TPSA) is 83.3 Å². The van der Waals surface area contributed by atoms with Crippen LogP contribution in [0.5, 0.6) is 5.75 Å². The van der Waals surface area contributed by atoms with Gasteiger partial charge in [-0.3, -0.25) is 13.6 Å². The molecule has 0 bridgehead atoms. The van der Waals surface area contributed by atoms with E-state index < -0.39 is 10.8 Å². The Hall–Kier alpha value is -1.80. The van der Waals surface area contributed by atoms with E-state index in [0.29, 0.717) is 30.9 Å². The lowest BCUT2D eigenvalue weighted by Gasteiger charge is -2.18. The molecule has 7 nitrogen and oxygen atoms in total. The molecule has 136 valence electrons. The van der Waals surface area contributed by atoms with Gasteiger partial charge in [-0.25, -0.2) is 9.97 Å². The van der Waals surface area contributed by atoms with Gasteiger partial charge in [-0.1, -0.05) is 12.8 Å². The molecule has 0 radical (unpaired) electrons. The van der Waals surface area contributed by atoms with Crippen molar-refractivity contribution in [2.45, 2.75) is 43.8 Å². The summed E-state index contributed by atoms with van der Waals surface area (Å²) in [4.78, 5) is 21.5. The second-order valence-corrected chi connectivity index (χ2v) is 7.33. The molecule has 1 aliphatic carbocycles. The molecule has 1 aliphatic rings. The Balaban J connectivity index is 2.07. The van der Waals surface area contributed by atoms with Gasteiger partial charge in [-0.05, 0) is 25.8 Å². The van der Waals surface area contributed by atoms with Crippen molar-refractivity contribution in [3.63, 3.8) is 0 Å². The van der Waals surface area contributed by atoms with E-state index in [9.17, 15) is 9.00 Å². The Morgan fingerprint density at radius 2 is 2.08 bits per heavy atom. The zero-order valence-electron chi connectivity index (χ0n) is 14.6. The van der Waals surface area contributed by atoms with E-state index in [1.54, 1.807) is 16.8 Å². The molecule has 2 aromatic rings. The summed E-state index contributed by atoms with van der Waals surface area (Å²) in [7, 11) is -1.30. The first kappa shape index (κ1) is 18.0. The first-order valence-corrected chi connectivity index (χ1v) is 10.1. The van der Waals surface area contributed by atoms with Gasteiger partial charge in [0.2, 0.25) is 5.16 Å². The van der Waals surface area contributed by atoms with Gasteiger partial charge in [0, 0.05) is 30.5 Å². The van der Waals surface area contributed by atoms with Crippen molar-refractivity contribution in [1.29, 1.82) is 0 Å². The molecule has 1 saturated carbocycles. The minimum atomic E-state index is -1.30. The minimum Gasteiger partial charge on any atom is -0.485 e. The van der Waals surface area contributed by atoms with Crippen molar-refractivity contribution in [2.75, 3.05) is 26.1 Å². The Morgan fingerprint density at radius 3 is 2.76 bits per heavy atom. The third kappa shape index (κ3) is 3.90. The number of aromatic nitrogens is 3. The molecule has 25 heavy (non-hydrogen) atoms. The van der Waals surface area contributed by atoms with Gasteiger partial charge in [0.1, 0.15) is 12.3 Å². The average molecular weight is 365 g/mol. The van der Waals surface area contributed by atoms with Crippen molar-refractivity contribution in [3.8, 4) is 5.75 Å². The van der Waals surface area contributed by atoms with Crippen LogP contribution in [0.25, 0.3) is 11.0 Å². The van der Waals surface area contributed by atoms with Crippen LogP contribution in [-0.4, -0.2) is 44.8 Å². The van der Waals surface area contributed by atoms with Crippen LogP contribution < -0.4 is 10.3 Å². The lowest BCUT2D eigenvalue weighted by atomic mass is 10.2. The number of hydrogen-bond acceptors (Lipinski definition) is 6. The van der Waals surface area contributed by atoms with Crippen LogP contribution >= 0.6 is 0 Å². The smallest absolute Gasteiger partial charge is 0.294 e. The highest BCUT2D eigenvalue weighted by Crippen LogP contribution is 2.31. The van der Waals surface area contributed by atoms with Gasteiger partial charge in [-0.15, -0.1) is 0 Å². The van der Waals surface area contributed by atoms with Gasteiger partial charge in [0.05, 0.1) is 17.4 Å². The van der Waals surface area contributed by atoms with Gasteiger partial charge in [-0.2, -0.15) is 0 Å². The van der Waals surface area contributed by atoms with E-state index in [2.05, 4.69) is 9.97 Å². The summed E-state index contributed by atoms with van der Waals surface area (Å²) in [5.74, 6) is 0.285. The summed E-state index contributed by atoms with van der Waals surface area (Å²) in [6.07, 6.45) is 7.19. The third-order valence-corrected chi connectivity index (χ3v) is 5.07. The second-order valence-electron chi connectivity index (χ2n) is 6.05. The summed E-state index contributed by atoms with van der Waals surface area (Å²) >= 11 is 0. The fraction of sp³-hybridized carbons (Fsp3) is 0.588. The first-order valence-electron chi connectivity index (χ1n) is 8.58. The maximum Gasteiger partial charge on any atom is 0.294 e. The maximum absolute atomic E-state index is 13.0. The van der Waals surface area contributed by atoms with E-state index in [1.165, 1.54) is 6.26 Å². The molecule has 0 N–H and O–H groups in total. The largest absolute Gasteiger partial charge is 0.485 e. The molecule has 0 aromatic carbocycles. The van der Waals surface area contributed by atoms with Gasteiger partial charge in [0.15, 0.2) is 5.75 Å². The molecule has 0 spiro atoms. The minimum absolute atomic E-state index is 0.0958. The van der Waals surface area contributed by atoms with Crippen molar-refractivity contribution in [2.24, 2.45) is 0 Å². The van der Waals surface area contributed by atoms with E-state index in [-0.39, 0.29) is 22.5 Å². The van der Waals surface area contributed by atoms with E-state index in [0.717, 1.165) is 25.7 Å². The SMILES string of the molecule is CCOCCOc1cc2cnc(S(C)=O)nc2n(C2CCCC2)c1=O. The Kier molecular flexibility index (Phi) is 5.80. The molecular formula is C17H23N3O4S. The molecule has 2 aromatic heterocycles. The molecule has 1 fully saturated rings. The number of rotatable bonds is 7. The predicted octanol–water partition coefficient (Wildman–Crippen LogP) is 2.06. The van der Waals surface area contributed by atoms with Crippen LogP contribution in [0.1, 0.15) is 38.6 Å². The Morgan fingerprint density at radius 1 is 1.32 bits per heavy atom. The van der Waals surface area contributed by atoms with Crippen LogP contribution in [0.4, 0.5) is 0 Å². The fourth-order valence-corrected chi connectivity index (χ4v) is 3.59. The van der Waals surface area contributed by atoms with E-state index >= 15 is 0 Å². The van der Waals surface area contributed by atoms with Crippen LogP contribution in [-0.2, 0) is 15.5 Å². The average Bonchev–Trinajstić information content (AvgIpc) is 3.12. The van der Waals surface area contributed by atoms with Crippen molar-refractivity contribution in [1.82, 2.24) is 14.5 Å². The molecule has 0 aliphatic heterocycles. The number of fused-ring (bicyclic) bond motifs is 1. The molecule has 8 heteroatoms. The molecule has 1 unspecified atom stereocenters. The van der Waals surface area contributed by atoms with Crippen molar-refractivity contribution in [3.05, 3.63) is 22.6 Å². The van der Waals surface area contributed by atoms with Crippen LogP contribution in [0.2, 0.25) is 0 Å². The Bertz CT molecular complexity index is 830. The highest BCUT2D eigenvalue weighted by molar-refractivity contribution is 7.84. The normalized spacial score (nSPS) is 16.4. The highest BCUT2D eigenvalue weighted by Gasteiger charge is 2.23. The molecule has 0 saturated heterocycles. The monoisotopic (exact) mass is 365 g/mol. The zero-order valence-corrected chi connectivity index (χ0v) is 15.4. The van der Waals surface area contributed by atoms with E-state index in [4.69, 9.17) is 9.47 Å². The first-order chi connectivity index (χ1) is 12.1. The number of pyridine rings is 1. The zero-order chi connectivity index (χ0) is 17.8. The summed E-state index contributed by atoms with van der Waals surface area (Å²) in [6, 6.07) is 1.76. The van der Waals surface area contributed by atoms with E-state index in [1.807, 2.05) is 6.92 Å². The summed E-state index contributed by atoms with van der Waals surface area (Å²) in [6.45, 7) is 3.27. The summed E-state index contributed by atoms with van der Waals surface area (Å²) in [5.41, 5.74) is 0.344. The highest BCUT2D eigenvalue weighted by atomic mass is 32.2. The fourth-order valence-electron chi connectivity index (χ4n) is 3.18. The van der Waals surface area contributed by atoms with Crippen molar-refractivity contribution < 1.29 is 13.7 Å². The molecular weight excluding hydrogens is 342 g/mol. The second kappa shape index (κ2) is 8.05. The maximum atomic E-state index is 13.0. The lowest BCUT2D eigenvalue weighted by Crippen LogP contribution is -2.27. The predicted molar refractivity (Wildman–Crippen MR) is 95.6 cm³/mol. The van der Waals surface area contributed by atoms with Gasteiger partial charge >= 0.3 is 0 Å². The van der Waals surface area contributed by atoms with Crippen molar-refractivity contribution >= 4 is 21.8 Å². The van der Waals surface area contributed by atoms with Crippen LogP contribution in [0.3, 0.4) is 0 Å². The third-order valence-electron chi connectivity index (χ3n) is 4.35. The molecule has 1 atom stereocenters. The van der Waals surface area contributed by atoms with Crippen LogP contribution in [0.15, 0.2) is 22.2 Å². The molecule has 3 rings (SSSR count). The van der Waals surface area contributed by atoms with Gasteiger partial charge in [0.25, 0.3) is 5.56 Å². The number of nitrogens with zero attached hydrogens (tertiary/aromatic N) is 3. The number of hydrogen-bond donors (Lipinski definition) is 0. The number of ether oxygens (including phenoxy) is 2. The van der Waals surface area contributed by atoms with Crippen LogP contribution in [0, 0.1) is 0 Å². The standard InChI is InChI=1S/C17H23N3O4S/c1-3-23-8-9-24-14-10-12-11-18-17(25(2)22)19-15(12)20(16(14)21)13-6-4-5-7-13/h10-11,13H,3-9H2,1-2H3. The summed E-state index contributed by atoms with van der Waals surface area (Å²) < 4.78 is 24.4. The molecule has 0 amide bonds. The molecule has 2 heterocycles. The summed E-state index contributed by atoms with van der Waals surface area (Å²) in [5, 5.41) is 0.954. The van der Waals surface area contributed by atoms with Gasteiger partial charge < -0.3 is 9.47 Å². The quantitative estimate of drug-likeness (QED) is 0.552. The Labute approximate surface area is 148 Å². The lowest BCUT2D eigenvalue weighted by molar-refractivity contribution is 0.109.